The maximum atomic E-state index is 5.26. The average molecular weight is 374 g/mol. The summed E-state index contributed by atoms with van der Waals surface area (Å²) < 4.78 is 12.3. The molecule has 2 aromatic rings. The number of benzene rings is 1. The first-order valence-corrected chi connectivity index (χ1v) is 9.64. The highest BCUT2D eigenvalue weighted by molar-refractivity contribution is 5.49. The number of nitrogens with zero attached hydrogens (tertiary/aromatic N) is 6. The lowest BCUT2D eigenvalue weighted by molar-refractivity contribution is 0.153. The van der Waals surface area contributed by atoms with E-state index in [2.05, 4.69) is 44.4 Å². The fraction of sp³-hybridized carbons (Fsp3) is 0.632. The summed E-state index contributed by atoms with van der Waals surface area (Å²) in [6.07, 6.45) is 2.15. The third-order valence-corrected chi connectivity index (χ3v) is 5.12. The number of aromatic nitrogens is 4. The van der Waals surface area contributed by atoms with Gasteiger partial charge in [-0.25, -0.2) is 4.68 Å². The lowest BCUT2D eigenvalue weighted by Gasteiger charge is -2.39. The molecule has 8 nitrogen and oxygen atoms in total. The molecule has 3 rings (SSSR count). The van der Waals surface area contributed by atoms with Gasteiger partial charge in [-0.1, -0.05) is 13.3 Å². The van der Waals surface area contributed by atoms with Crippen molar-refractivity contribution in [1.82, 2.24) is 25.1 Å². The van der Waals surface area contributed by atoms with Crippen LogP contribution >= 0.6 is 0 Å². The summed E-state index contributed by atoms with van der Waals surface area (Å²) in [4.78, 5) is 4.94. The number of hydrogen-bond donors (Lipinski definition) is 0. The van der Waals surface area contributed by atoms with Gasteiger partial charge in [0, 0.05) is 39.0 Å². The van der Waals surface area contributed by atoms with Crippen LogP contribution in [0.2, 0.25) is 0 Å². The summed E-state index contributed by atoms with van der Waals surface area (Å²) in [5.41, 5.74) is 1.24. The van der Waals surface area contributed by atoms with E-state index in [1.807, 2.05) is 16.8 Å². The molecule has 0 bridgehead atoms. The number of tetrazole rings is 1. The van der Waals surface area contributed by atoms with Crippen LogP contribution in [-0.2, 0) is 11.3 Å². The zero-order chi connectivity index (χ0) is 19.1. The van der Waals surface area contributed by atoms with Gasteiger partial charge in [-0.05, 0) is 41.1 Å². The van der Waals surface area contributed by atoms with E-state index in [-0.39, 0.29) is 6.04 Å². The molecule has 1 aromatic heterocycles. The van der Waals surface area contributed by atoms with Gasteiger partial charge in [-0.15, -0.1) is 5.10 Å². The fourth-order valence-electron chi connectivity index (χ4n) is 3.62. The highest BCUT2D eigenvalue weighted by Crippen LogP contribution is 2.27. The molecule has 0 aliphatic carbocycles. The molecule has 0 amide bonds. The van der Waals surface area contributed by atoms with Crippen LogP contribution in [0, 0.1) is 0 Å². The second-order valence-electron chi connectivity index (χ2n) is 6.78. The summed E-state index contributed by atoms with van der Waals surface area (Å²) >= 11 is 0. The molecule has 1 fully saturated rings. The van der Waals surface area contributed by atoms with Crippen LogP contribution in [0.15, 0.2) is 24.3 Å². The number of rotatable bonds is 9. The standard InChI is InChI=1S/C19H30N6O2/c1-4-5-18(19-20-21-22-25(19)14-15-26-2)24-12-10-23(11-13-24)16-6-8-17(27-3)9-7-16/h6-9,18H,4-5,10-15H2,1-3H3. The number of piperazine rings is 1. The minimum Gasteiger partial charge on any atom is -0.497 e. The van der Waals surface area contributed by atoms with Gasteiger partial charge in [0.1, 0.15) is 5.75 Å². The average Bonchev–Trinajstić information content (AvgIpc) is 3.19. The van der Waals surface area contributed by atoms with Crippen molar-refractivity contribution in [3.05, 3.63) is 30.1 Å². The lowest BCUT2D eigenvalue weighted by Crippen LogP contribution is -2.48. The van der Waals surface area contributed by atoms with Crippen molar-refractivity contribution < 1.29 is 9.47 Å². The summed E-state index contributed by atoms with van der Waals surface area (Å²) in [6, 6.07) is 8.55. The largest absolute Gasteiger partial charge is 0.497 e. The van der Waals surface area contributed by atoms with Crippen molar-refractivity contribution in [2.75, 3.05) is 51.9 Å². The van der Waals surface area contributed by atoms with Crippen LogP contribution in [-0.4, -0.2) is 72.1 Å². The number of hydrogen-bond acceptors (Lipinski definition) is 7. The highest BCUT2D eigenvalue weighted by atomic mass is 16.5. The molecular weight excluding hydrogens is 344 g/mol. The number of methoxy groups -OCH3 is 2. The quantitative estimate of drug-likeness (QED) is 0.665. The van der Waals surface area contributed by atoms with Gasteiger partial charge in [0.15, 0.2) is 5.82 Å². The summed E-state index contributed by atoms with van der Waals surface area (Å²) in [5, 5.41) is 12.4. The van der Waals surface area contributed by atoms with Gasteiger partial charge < -0.3 is 14.4 Å². The Balaban J connectivity index is 1.65. The van der Waals surface area contributed by atoms with E-state index in [1.165, 1.54) is 5.69 Å². The minimum atomic E-state index is 0.250. The van der Waals surface area contributed by atoms with E-state index in [0.717, 1.165) is 50.6 Å². The first kappa shape index (κ1) is 19.6. The molecule has 148 valence electrons. The van der Waals surface area contributed by atoms with Crippen LogP contribution < -0.4 is 9.64 Å². The van der Waals surface area contributed by atoms with E-state index >= 15 is 0 Å². The van der Waals surface area contributed by atoms with Crippen molar-refractivity contribution in [2.45, 2.75) is 32.4 Å². The normalized spacial score (nSPS) is 16.5. The third kappa shape index (κ3) is 4.75. The molecule has 1 saturated heterocycles. The summed E-state index contributed by atoms with van der Waals surface area (Å²) in [7, 11) is 3.40. The number of anilines is 1. The van der Waals surface area contributed by atoms with Crippen LogP contribution in [0.3, 0.4) is 0 Å². The van der Waals surface area contributed by atoms with E-state index in [1.54, 1.807) is 14.2 Å². The molecule has 1 aliphatic heterocycles. The van der Waals surface area contributed by atoms with Crippen molar-refractivity contribution in [3.63, 3.8) is 0 Å². The van der Waals surface area contributed by atoms with E-state index in [0.29, 0.717) is 13.2 Å². The van der Waals surface area contributed by atoms with Gasteiger partial charge >= 0.3 is 0 Å². The first-order chi connectivity index (χ1) is 13.3. The smallest absolute Gasteiger partial charge is 0.168 e. The monoisotopic (exact) mass is 374 g/mol. The zero-order valence-electron chi connectivity index (χ0n) is 16.5. The minimum absolute atomic E-state index is 0.250. The summed E-state index contributed by atoms with van der Waals surface area (Å²) in [5.74, 6) is 1.84. The van der Waals surface area contributed by atoms with Gasteiger partial charge in [0.2, 0.25) is 0 Å². The Bertz CT molecular complexity index is 682. The van der Waals surface area contributed by atoms with Crippen molar-refractivity contribution >= 4 is 5.69 Å². The Morgan fingerprint density at radius 2 is 1.81 bits per heavy atom. The first-order valence-electron chi connectivity index (χ1n) is 9.64. The van der Waals surface area contributed by atoms with Crippen LogP contribution in [0.25, 0.3) is 0 Å². The molecule has 1 atom stereocenters. The van der Waals surface area contributed by atoms with E-state index < -0.39 is 0 Å². The van der Waals surface area contributed by atoms with Crippen molar-refractivity contribution in [2.24, 2.45) is 0 Å². The molecule has 8 heteroatoms. The molecule has 0 radical (unpaired) electrons. The highest BCUT2D eigenvalue weighted by Gasteiger charge is 2.28. The van der Waals surface area contributed by atoms with Crippen molar-refractivity contribution in [3.8, 4) is 5.75 Å². The lowest BCUT2D eigenvalue weighted by atomic mass is 10.1. The molecule has 1 unspecified atom stereocenters. The molecule has 1 aromatic carbocycles. The van der Waals surface area contributed by atoms with Crippen LogP contribution in [0.4, 0.5) is 5.69 Å². The molecule has 27 heavy (non-hydrogen) atoms. The van der Waals surface area contributed by atoms with Gasteiger partial charge in [-0.3, -0.25) is 4.90 Å². The number of ether oxygens (including phenoxy) is 2. The molecule has 1 aliphatic rings. The molecular formula is C19H30N6O2. The van der Waals surface area contributed by atoms with E-state index in [9.17, 15) is 0 Å². The Kier molecular flexibility index (Phi) is 7.00. The Morgan fingerprint density at radius 1 is 1.07 bits per heavy atom. The van der Waals surface area contributed by atoms with E-state index in [4.69, 9.17) is 9.47 Å². The molecule has 0 N–H and O–H groups in total. The third-order valence-electron chi connectivity index (χ3n) is 5.12. The van der Waals surface area contributed by atoms with Gasteiger partial charge in [0.25, 0.3) is 0 Å². The molecule has 2 heterocycles. The summed E-state index contributed by atoms with van der Waals surface area (Å²) in [6.45, 7) is 7.48. The van der Waals surface area contributed by atoms with Crippen molar-refractivity contribution in [1.29, 1.82) is 0 Å². The second-order valence-corrected chi connectivity index (χ2v) is 6.78. The Hall–Kier alpha value is -2.19. The fourth-order valence-corrected chi connectivity index (χ4v) is 3.62. The Morgan fingerprint density at radius 3 is 2.44 bits per heavy atom. The SMILES string of the molecule is CCCC(c1nnnn1CCOC)N1CCN(c2ccc(OC)cc2)CC1. The maximum Gasteiger partial charge on any atom is 0.168 e. The molecule has 0 spiro atoms. The zero-order valence-corrected chi connectivity index (χ0v) is 16.5. The topological polar surface area (TPSA) is 68.5 Å². The maximum absolute atomic E-state index is 5.26. The van der Waals surface area contributed by atoms with Crippen LogP contribution in [0.1, 0.15) is 31.6 Å². The second kappa shape index (κ2) is 9.66. The van der Waals surface area contributed by atoms with Gasteiger partial charge in [0.05, 0.1) is 26.3 Å². The Labute approximate surface area is 161 Å². The molecule has 0 saturated carbocycles. The predicted molar refractivity (Wildman–Crippen MR) is 104 cm³/mol. The van der Waals surface area contributed by atoms with Crippen LogP contribution in [0.5, 0.6) is 5.75 Å². The van der Waals surface area contributed by atoms with Gasteiger partial charge in [-0.2, -0.15) is 0 Å². The predicted octanol–water partition coefficient (Wildman–Crippen LogP) is 1.99.